The van der Waals surface area contributed by atoms with Crippen LogP contribution in [0.1, 0.15) is 39.5 Å². The van der Waals surface area contributed by atoms with E-state index in [1.165, 1.54) is 25.3 Å². The number of carbonyl (C=O) groups excluding carboxylic acids is 1. The molecule has 0 aromatic heterocycles. The summed E-state index contributed by atoms with van der Waals surface area (Å²) in [7, 11) is 0. The second-order valence-electron chi connectivity index (χ2n) is 4.29. The molecule has 0 radical (unpaired) electrons. The first-order valence-electron chi connectivity index (χ1n) is 6.19. The van der Waals surface area contributed by atoms with Crippen LogP contribution in [0.3, 0.4) is 0 Å². The van der Waals surface area contributed by atoms with Gasteiger partial charge in [0.25, 0.3) is 0 Å². The van der Waals surface area contributed by atoms with Crippen molar-refractivity contribution in [3.8, 4) is 0 Å². The zero-order valence-corrected chi connectivity index (χ0v) is 10.3. The number of hydrogen-bond donors (Lipinski definition) is 0. The SMILES string of the molecule is CCOC(=O)/C=C/COC1CCCCC1C. The van der Waals surface area contributed by atoms with Gasteiger partial charge in [-0.1, -0.05) is 25.8 Å². The van der Waals surface area contributed by atoms with E-state index in [2.05, 4.69) is 6.92 Å². The van der Waals surface area contributed by atoms with Crippen LogP contribution in [0.25, 0.3) is 0 Å². The molecule has 0 saturated heterocycles. The molecule has 1 aliphatic carbocycles. The van der Waals surface area contributed by atoms with Crippen LogP contribution < -0.4 is 0 Å². The molecule has 0 aromatic rings. The summed E-state index contributed by atoms with van der Waals surface area (Å²) in [6, 6.07) is 0. The molecule has 3 heteroatoms. The summed E-state index contributed by atoms with van der Waals surface area (Å²) in [5, 5.41) is 0. The molecular formula is C13H22O3. The van der Waals surface area contributed by atoms with Gasteiger partial charge in [0.05, 0.1) is 19.3 Å². The number of ether oxygens (including phenoxy) is 2. The normalized spacial score (nSPS) is 25.9. The Labute approximate surface area is 97.8 Å². The van der Waals surface area contributed by atoms with E-state index in [1.54, 1.807) is 13.0 Å². The minimum absolute atomic E-state index is 0.289. The van der Waals surface area contributed by atoms with Crippen molar-refractivity contribution in [1.29, 1.82) is 0 Å². The van der Waals surface area contributed by atoms with E-state index in [4.69, 9.17) is 9.47 Å². The van der Waals surface area contributed by atoms with Gasteiger partial charge in [-0.2, -0.15) is 0 Å². The number of hydrogen-bond acceptors (Lipinski definition) is 3. The van der Waals surface area contributed by atoms with Gasteiger partial charge >= 0.3 is 5.97 Å². The largest absolute Gasteiger partial charge is 0.463 e. The lowest BCUT2D eigenvalue weighted by atomic mass is 9.88. The smallest absolute Gasteiger partial charge is 0.330 e. The molecule has 1 rings (SSSR count). The molecule has 1 fully saturated rings. The zero-order chi connectivity index (χ0) is 11.8. The highest BCUT2D eigenvalue weighted by Crippen LogP contribution is 2.26. The fourth-order valence-corrected chi connectivity index (χ4v) is 2.04. The molecule has 1 saturated carbocycles. The Morgan fingerprint density at radius 2 is 2.12 bits per heavy atom. The van der Waals surface area contributed by atoms with Gasteiger partial charge in [0, 0.05) is 6.08 Å². The van der Waals surface area contributed by atoms with Gasteiger partial charge < -0.3 is 9.47 Å². The van der Waals surface area contributed by atoms with Crippen molar-refractivity contribution in [2.75, 3.05) is 13.2 Å². The van der Waals surface area contributed by atoms with Crippen LogP contribution >= 0.6 is 0 Å². The quantitative estimate of drug-likeness (QED) is 0.534. The van der Waals surface area contributed by atoms with E-state index < -0.39 is 0 Å². The standard InChI is InChI=1S/C13H22O3/c1-3-15-13(14)9-6-10-16-12-8-5-4-7-11(12)2/h6,9,11-12H,3-5,7-8,10H2,1-2H3/b9-6+. The molecule has 16 heavy (non-hydrogen) atoms. The van der Waals surface area contributed by atoms with Crippen LogP contribution in [0.4, 0.5) is 0 Å². The van der Waals surface area contributed by atoms with Crippen molar-refractivity contribution in [3.63, 3.8) is 0 Å². The van der Waals surface area contributed by atoms with Gasteiger partial charge in [-0.15, -0.1) is 0 Å². The molecule has 0 spiro atoms. The first-order valence-corrected chi connectivity index (χ1v) is 6.19. The van der Waals surface area contributed by atoms with E-state index in [0.717, 1.165) is 6.42 Å². The predicted molar refractivity (Wildman–Crippen MR) is 63.1 cm³/mol. The van der Waals surface area contributed by atoms with Gasteiger partial charge in [-0.05, 0) is 25.7 Å². The van der Waals surface area contributed by atoms with Crippen LogP contribution in [-0.2, 0) is 14.3 Å². The molecule has 0 bridgehead atoms. The van der Waals surface area contributed by atoms with Crippen molar-refractivity contribution in [1.82, 2.24) is 0 Å². The van der Waals surface area contributed by atoms with Crippen LogP contribution in [0, 0.1) is 5.92 Å². The maximum absolute atomic E-state index is 11.0. The zero-order valence-electron chi connectivity index (χ0n) is 10.3. The van der Waals surface area contributed by atoms with E-state index in [-0.39, 0.29) is 5.97 Å². The maximum Gasteiger partial charge on any atom is 0.330 e. The van der Waals surface area contributed by atoms with Crippen LogP contribution in [-0.4, -0.2) is 25.3 Å². The lowest BCUT2D eigenvalue weighted by Crippen LogP contribution is -2.25. The summed E-state index contributed by atoms with van der Waals surface area (Å²) in [6.07, 6.45) is 8.52. The first kappa shape index (κ1) is 13.2. The molecule has 0 aromatic carbocycles. The topological polar surface area (TPSA) is 35.5 Å². The number of rotatable bonds is 5. The number of carbonyl (C=O) groups is 1. The van der Waals surface area contributed by atoms with Crippen LogP contribution in [0.2, 0.25) is 0 Å². The van der Waals surface area contributed by atoms with E-state index in [1.807, 2.05) is 0 Å². The predicted octanol–water partition coefficient (Wildman–Crippen LogP) is 2.70. The summed E-state index contributed by atoms with van der Waals surface area (Å²) in [5.41, 5.74) is 0. The van der Waals surface area contributed by atoms with Gasteiger partial charge in [0.2, 0.25) is 0 Å². The summed E-state index contributed by atoms with van der Waals surface area (Å²) in [6.45, 7) is 4.96. The van der Waals surface area contributed by atoms with Crippen molar-refractivity contribution in [3.05, 3.63) is 12.2 Å². The molecule has 1 aliphatic rings. The van der Waals surface area contributed by atoms with E-state index >= 15 is 0 Å². The molecule has 0 aliphatic heterocycles. The minimum atomic E-state index is -0.289. The number of esters is 1. The van der Waals surface area contributed by atoms with Crippen molar-refractivity contribution in [2.45, 2.75) is 45.6 Å². The molecular weight excluding hydrogens is 204 g/mol. The van der Waals surface area contributed by atoms with Gasteiger partial charge in [0.1, 0.15) is 0 Å². The second kappa shape index (κ2) is 7.44. The third-order valence-corrected chi connectivity index (χ3v) is 2.98. The lowest BCUT2D eigenvalue weighted by molar-refractivity contribution is -0.137. The monoisotopic (exact) mass is 226 g/mol. The second-order valence-corrected chi connectivity index (χ2v) is 4.29. The maximum atomic E-state index is 11.0. The molecule has 0 N–H and O–H groups in total. The summed E-state index contributed by atoms with van der Waals surface area (Å²) >= 11 is 0. The Balaban J connectivity index is 2.16. The van der Waals surface area contributed by atoms with Crippen molar-refractivity contribution < 1.29 is 14.3 Å². The fourth-order valence-electron chi connectivity index (χ4n) is 2.04. The minimum Gasteiger partial charge on any atom is -0.463 e. The highest BCUT2D eigenvalue weighted by atomic mass is 16.5. The summed E-state index contributed by atoms with van der Waals surface area (Å²) < 4.78 is 10.5. The van der Waals surface area contributed by atoms with Crippen molar-refractivity contribution >= 4 is 5.97 Å². The Kier molecular flexibility index (Phi) is 6.16. The molecule has 2 atom stereocenters. The molecule has 0 amide bonds. The van der Waals surface area contributed by atoms with E-state index in [9.17, 15) is 4.79 Å². The average Bonchev–Trinajstić information content (AvgIpc) is 2.27. The van der Waals surface area contributed by atoms with Gasteiger partial charge in [-0.25, -0.2) is 4.79 Å². The Morgan fingerprint density at radius 3 is 2.81 bits per heavy atom. The molecule has 92 valence electrons. The van der Waals surface area contributed by atoms with Crippen LogP contribution in [0.15, 0.2) is 12.2 Å². The first-order chi connectivity index (χ1) is 7.74. The highest BCUT2D eigenvalue weighted by Gasteiger charge is 2.20. The average molecular weight is 226 g/mol. The van der Waals surface area contributed by atoms with Gasteiger partial charge in [0.15, 0.2) is 0 Å². The Hall–Kier alpha value is -0.830. The molecule has 3 nitrogen and oxygen atoms in total. The molecule has 2 unspecified atom stereocenters. The lowest BCUT2D eigenvalue weighted by Gasteiger charge is -2.28. The third kappa shape index (κ3) is 4.79. The van der Waals surface area contributed by atoms with E-state index in [0.29, 0.717) is 25.2 Å². The Morgan fingerprint density at radius 1 is 1.38 bits per heavy atom. The summed E-state index contributed by atoms with van der Waals surface area (Å²) in [4.78, 5) is 11.0. The van der Waals surface area contributed by atoms with Crippen LogP contribution in [0.5, 0.6) is 0 Å². The van der Waals surface area contributed by atoms with Crippen molar-refractivity contribution in [2.24, 2.45) is 5.92 Å². The summed E-state index contributed by atoms with van der Waals surface area (Å²) in [5.74, 6) is 0.354. The highest BCUT2D eigenvalue weighted by molar-refractivity contribution is 5.81. The third-order valence-electron chi connectivity index (χ3n) is 2.98. The molecule has 0 heterocycles. The Bertz CT molecular complexity index is 235. The van der Waals surface area contributed by atoms with Gasteiger partial charge in [-0.3, -0.25) is 0 Å². The fraction of sp³-hybridized carbons (Fsp3) is 0.769.